The van der Waals surface area contributed by atoms with E-state index in [0.717, 1.165) is 28.1 Å². The van der Waals surface area contributed by atoms with E-state index in [1.807, 2.05) is 32.0 Å². The van der Waals surface area contributed by atoms with Crippen LogP contribution in [0, 0.1) is 13.8 Å². The van der Waals surface area contributed by atoms with E-state index in [0.29, 0.717) is 5.02 Å². The molecule has 82 valence electrons. The number of pyridine rings is 1. The van der Waals surface area contributed by atoms with Gasteiger partial charge in [-0.2, -0.15) is 0 Å². The predicted molar refractivity (Wildman–Crippen MR) is 68.6 cm³/mol. The van der Waals surface area contributed by atoms with Crippen molar-refractivity contribution in [3.63, 3.8) is 0 Å². The average molecular weight is 233 g/mol. The molecule has 16 heavy (non-hydrogen) atoms. The number of aromatic nitrogens is 1. The summed E-state index contributed by atoms with van der Waals surface area (Å²) in [6.45, 7) is 3.99. The third-order valence-electron chi connectivity index (χ3n) is 2.62. The molecule has 0 spiro atoms. The first-order valence-corrected chi connectivity index (χ1v) is 5.45. The van der Waals surface area contributed by atoms with Gasteiger partial charge in [0.15, 0.2) is 0 Å². The molecule has 2 nitrogen and oxygen atoms in total. The molecule has 0 saturated heterocycles. The highest BCUT2D eigenvalue weighted by Crippen LogP contribution is 2.33. The summed E-state index contributed by atoms with van der Waals surface area (Å²) in [6, 6.07) is 7.61. The number of hydrogen-bond donors (Lipinski definition) is 1. The Bertz CT molecular complexity index is 515. The Morgan fingerprint density at radius 2 is 1.94 bits per heavy atom. The van der Waals surface area contributed by atoms with Crippen molar-refractivity contribution in [2.45, 2.75) is 13.8 Å². The number of nitrogens with two attached hydrogens (primary N) is 1. The Balaban J connectivity index is 2.72. The summed E-state index contributed by atoms with van der Waals surface area (Å²) in [5, 5.41) is 0.709. The minimum absolute atomic E-state index is 0.709. The summed E-state index contributed by atoms with van der Waals surface area (Å²) in [7, 11) is 0. The third kappa shape index (κ3) is 1.89. The van der Waals surface area contributed by atoms with Gasteiger partial charge in [-0.1, -0.05) is 17.7 Å². The molecule has 0 aliphatic carbocycles. The van der Waals surface area contributed by atoms with E-state index in [9.17, 15) is 0 Å². The topological polar surface area (TPSA) is 38.9 Å². The molecule has 0 aliphatic rings. The Morgan fingerprint density at radius 1 is 1.19 bits per heavy atom. The first-order valence-electron chi connectivity index (χ1n) is 5.07. The van der Waals surface area contributed by atoms with E-state index < -0.39 is 0 Å². The number of aryl methyl sites for hydroxylation is 2. The van der Waals surface area contributed by atoms with Crippen molar-refractivity contribution in [3.05, 3.63) is 46.7 Å². The van der Waals surface area contributed by atoms with Crippen LogP contribution in [0.5, 0.6) is 0 Å². The lowest BCUT2D eigenvalue weighted by molar-refractivity contribution is 1.20. The van der Waals surface area contributed by atoms with Gasteiger partial charge in [0.05, 0.1) is 5.02 Å². The number of halogens is 1. The van der Waals surface area contributed by atoms with E-state index in [4.69, 9.17) is 17.3 Å². The number of anilines is 1. The Hall–Kier alpha value is -1.54. The molecule has 1 heterocycles. The largest absolute Gasteiger partial charge is 0.399 e. The monoisotopic (exact) mass is 232 g/mol. The Kier molecular flexibility index (Phi) is 2.84. The van der Waals surface area contributed by atoms with Crippen LogP contribution in [0.15, 0.2) is 30.5 Å². The van der Waals surface area contributed by atoms with E-state index in [-0.39, 0.29) is 0 Å². The van der Waals surface area contributed by atoms with Crippen molar-refractivity contribution < 1.29 is 0 Å². The highest BCUT2D eigenvalue weighted by Gasteiger charge is 2.10. The molecule has 0 fully saturated rings. The minimum atomic E-state index is 0.709. The molecule has 3 heteroatoms. The van der Waals surface area contributed by atoms with Gasteiger partial charge in [-0.05, 0) is 43.2 Å². The number of rotatable bonds is 1. The molecule has 0 aliphatic heterocycles. The van der Waals surface area contributed by atoms with Gasteiger partial charge in [0.1, 0.15) is 0 Å². The third-order valence-corrected chi connectivity index (χ3v) is 2.94. The van der Waals surface area contributed by atoms with Crippen LogP contribution in [-0.2, 0) is 0 Å². The average Bonchev–Trinajstić information content (AvgIpc) is 2.23. The molecule has 0 radical (unpaired) electrons. The Morgan fingerprint density at radius 3 is 2.62 bits per heavy atom. The quantitative estimate of drug-likeness (QED) is 0.763. The van der Waals surface area contributed by atoms with E-state index >= 15 is 0 Å². The first-order chi connectivity index (χ1) is 7.59. The fourth-order valence-corrected chi connectivity index (χ4v) is 2.06. The summed E-state index contributed by atoms with van der Waals surface area (Å²) in [5.74, 6) is 0. The highest BCUT2D eigenvalue weighted by molar-refractivity contribution is 6.33. The molecule has 0 saturated carbocycles. The van der Waals surface area contributed by atoms with Gasteiger partial charge >= 0.3 is 0 Å². The van der Waals surface area contributed by atoms with Crippen LogP contribution in [0.25, 0.3) is 11.1 Å². The van der Waals surface area contributed by atoms with Crippen LogP contribution in [0.1, 0.15) is 11.3 Å². The highest BCUT2D eigenvalue weighted by atomic mass is 35.5. The lowest BCUT2D eigenvalue weighted by Crippen LogP contribution is -1.93. The lowest BCUT2D eigenvalue weighted by Gasteiger charge is -2.11. The lowest BCUT2D eigenvalue weighted by atomic mass is 9.99. The summed E-state index contributed by atoms with van der Waals surface area (Å²) >= 11 is 6.21. The van der Waals surface area contributed by atoms with E-state index in [2.05, 4.69) is 4.98 Å². The van der Waals surface area contributed by atoms with Crippen LogP contribution in [0.3, 0.4) is 0 Å². The van der Waals surface area contributed by atoms with Gasteiger partial charge in [-0.3, -0.25) is 4.98 Å². The smallest absolute Gasteiger partial charge is 0.0518 e. The molecule has 0 amide bonds. The normalized spacial score (nSPS) is 10.4. The summed E-state index contributed by atoms with van der Waals surface area (Å²) in [5.41, 5.74) is 10.6. The van der Waals surface area contributed by atoms with E-state index in [1.54, 1.807) is 12.3 Å². The Labute approximate surface area is 100 Å². The second-order valence-corrected chi connectivity index (χ2v) is 4.23. The van der Waals surface area contributed by atoms with Gasteiger partial charge < -0.3 is 5.73 Å². The van der Waals surface area contributed by atoms with Crippen molar-refractivity contribution >= 4 is 17.3 Å². The summed E-state index contributed by atoms with van der Waals surface area (Å²) < 4.78 is 0. The van der Waals surface area contributed by atoms with Crippen molar-refractivity contribution in [1.82, 2.24) is 4.98 Å². The number of nitrogen functional groups attached to an aromatic ring is 1. The molecule has 2 rings (SSSR count). The van der Waals surface area contributed by atoms with Crippen LogP contribution in [-0.4, -0.2) is 4.98 Å². The zero-order valence-corrected chi connectivity index (χ0v) is 10.0. The maximum atomic E-state index is 6.21. The molecule has 0 atom stereocenters. The van der Waals surface area contributed by atoms with Gasteiger partial charge in [0, 0.05) is 23.1 Å². The molecule has 0 bridgehead atoms. The summed E-state index contributed by atoms with van der Waals surface area (Å²) in [6.07, 6.45) is 1.71. The predicted octanol–water partition coefficient (Wildman–Crippen LogP) is 3.60. The van der Waals surface area contributed by atoms with Crippen molar-refractivity contribution in [2.75, 3.05) is 5.73 Å². The van der Waals surface area contributed by atoms with E-state index in [1.165, 1.54) is 0 Å². The fraction of sp³-hybridized carbons (Fsp3) is 0.154. The van der Waals surface area contributed by atoms with Crippen LogP contribution in [0.2, 0.25) is 5.02 Å². The molecule has 1 aromatic carbocycles. The molecule has 1 aromatic heterocycles. The maximum absolute atomic E-state index is 6.21. The minimum Gasteiger partial charge on any atom is -0.399 e. The summed E-state index contributed by atoms with van der Waals surface area (Å²) in [4.78, 5) is 4.26. The van der Waals surface area contributed by atoms with Crippen LogP contribution in [0.4, 0.5) is 5.69 Å². The molecule has 2 N–H and O–H groups in total. The number of benzene rings is 1. The standard InChI is InChI=1S/C13H13ClN2/c1-8-3-4-10(15)7-11(8)13-9(2)16-6-5-12(13)14/h3-7H,15H2,1-2H3. The van der Waals surface area contributed by atoms with Gasteiger partial charge in [-0.25, -0.2) is 0 Å². The number of hydrogen-bond acceptors (Lipinski definition) is 2. The van der Waals surface area contributed by atoms with Gasteiger partial charge in [0.2, 0.25) is 0 Å². The molecular weight excluding hydrogens is 220 g/mol. The second kappa shape index (κ2) is 4.14. The van der Waals surface area contributed by atoms with Crippen LogP contribution >= 0.6 is 11.6 Å². The van der Waals surface area contributed by atoms with Gasteiger partial charge in [0.25, 0.3) is 0 Å². The van der Waals surface area contributed by atoms with Crippen molar-refractivity contribution in [3.8, 4) is 11.1 Å². The van der Waals surface area contributed by atoms with Crippen molar-refractivity contribution in [2.24, 2.45) is 0 Å². The number of nitrogens with zero attached hydrogens (tertiary/aromatic N) is 1. The second-order valence-electron chi connectivity index (χ2n) is 3.83. The molecular formula is C13H13ClN2. The maximum Gasteiger partial charge on any atom is 0.0518 e. The zero-order chi connectivity index (χ0) is 11.7. The van der Waals surface area contributed by atoms with Crippen LogP contribution < -0.4 is 5.73 Å². The van der Waals surface area contributed by atoms with Crippen molar-refractivity contribution in [1.29, 1.82) is 0 Å². The fourth-order valence-electron chi connectivity index (χ4n) is 1.77. The first kappa shape index (κ1) is 11.0. The SMILES string of the molecule is Cc1ccc(N)cc1-c1c(Cl)ccnc1C. The van der Waals surface area contributed by atoms with Gasteiger partial charge in [-0.15, -0.1) is 0 Å². The molecule has 2 aromatic rings. The zero-order valence-electron chi connectivity index (χ0n) is 9.29. The molecule has 0 unspecified atom stereocenters.